The molecule has 1 aromatic heterocycles. The molecule has 4 aromatic rings. The van der Waals surface area contributed by atoms with Gasteiger partial charge in [-0.3, -0.25) is 0 Å². The number of anilines is 3. The van der Waals surface area contributed by atoms with E-state index in [1.807, 2.05) is 30.3 Å². The standard InChI is InChI=1S/C27H28N6O6/c1-35-21-12-10-18(14-23(21)37-3)16-28-31-26-25(30-20-8-6-5-7-9-20)33(27(34)39-26)32-29-17-19-11-13-22(36-2)24(15-19)38-4/h5-17,30-32H,1-4H3. The summed E-state index contributed by atoms with van der Waals surface area (Å²) in [7, 11) is 6.22. The van der Waals surface area contributed by atoms with E-state index in [-0.39, 0.29) is 11.7 Å². The van der Waals surface area contributed by atoms with Crippen molar-refractivity contribution in [1.82, 2.24) is 4.68 Å². The lowest BCUT2D eigenvalue weighted by molar-refractivity contribution is 0.355. The second-order valence-corrected chi connectivity index (χ2v) is 7.83. The molecule has 4 rings (SSSR count). The molecule has 0 amide bonds. The quantitative estimate of drug-likeness (QED) is 0.181. The predicted molar refractivity (Wildman–Crippen MR) is 150 cm³/mol. The Hall–Kier alpha value is -5.39. The minimum Gasteiger partial charge on any atom is -0.493 e. The van der Waals surface area contributed by atoms with Gasteiger partial charge in [0.05, 0.1) is 40.9 Å². The summed E-state index contributed by atoms with van der Waals surface area (Å²) in [6, 6.07) is 19.9. The molecule has 0 aliphatic heterocycles. The molecule has 0 saturated carbocycles. The zero-order chi connectivity index (χ0) is 27.6. The van der Waals surface area contributed by atoms with E-state index in [9.17, 15) is 4.79 Å². The van der Waals surface area contributed by atoms with E-state index < -0.39 is 5.76 Å². The number of oxazole rings is 1. The Balaban J connectivity index is 1.58. The molecule has 0 fully saturated rings. The van der Waals surface area contributed by atoms with Crippen LogP contribution in [0.5, 0.6) is 23.0 Å². The molecule has 0 atom stereocenters. The molecule has 39 heavy (non-hydrogen) atoms. The van der Waals surface area contributed by atoms with Crippen LogP contribution in [0.2, 0.25) is 0 Å². The molecule has 0 aliphatic carbocycles. The Labute approximate surface area is 224 Å². The monoisotopic (exact) mass is 532 g/mol. The number of hydrazone groups is 2. The second kappa shape index (κ2) is 12.7. The number of nitrogens with one attached hydrogen (secondary N) is 3. The maximum atomic E-state index is 12.7. The fourth-order valence-electron chi connectivity index (χ4n) is 3.50. The van der Waals surface area contributed by atoms with Crippen LogP contribution in [0.4, 0.5) is 17.4 Å². The molecule has 0 saturated heterocycles. The van der Waals surface area contributed by atoms with Gasteiger partial charge in [-0.15, -0.1) is 4.68 Å². The number of nitrogens with zero attached hydrogens (tertiary/aromatic N) is 3. The highest BCUT2D eigenvalue weighted by molar-refractivity contribution is 5.82. The summed E-state index contributed by atoms with van der Waals surface area (Å²) in [4.78, 5) is 12.7. The fourth-order valence-corrected chi connectivity index (χ4v) is 3.50. The first-order valence-electron chi connectivity index (χ1n) is 11.7. The molecular formula is C27H28N6O6. The Bertz CT molecular complexity index is 1510. The zero-order valence-electron chi connectivity index (χ0n) is 21.8. The van der Waals surface area contributed by atoms with Crippen LogP contribution in [0.15, 0.2) is 86.1 Å². The van der Waals surface area contributed by atoms with Crippen molar-refractivity contribution in [3.05, 3.63) is 88.4 Å². The van der Waals surface area contributed by atoms with Crippen molar-refractivity contribution in [3.63, 3.8) is 0 Å². The molecule has 0 radical (unpaired) electrons. The van der Waals surface area contributed by atoms with Crippen molar-refractivity contribution in [1.29, 1.82) is 0 Å². The summed E-state index contributed by atoms with van der Waals surface area (Å²) in [6.45, 7) is 0. The van der Waals surface area contributed by atoms with Gasteiger partial charge >= 0.3 is 5.76 Å². The van der Waals surface area contributed by atoms with E-state index in [2.05, 4.69) is 26.5 Å². The third-order valence-corrected chi connectivity index (χ3v) is 5.41. The third-order valence-electron chi connectivity index (χ3n) is 5.41. The highest BCUT2D eigenvalue weighted by atomic mass is 16.5. The van der Waals surface area contributed by atoms with E-state index in [0.29, 0.717) is 34.2 Å². The summed E-state index contributed by atoms with van der Waals surface area (Å²) in [6.07, 6.45) is 3.07. The summed E-state index contributed by atoms with van der Waals surface area (Å²) in [5, 5.41) is 11.5. The number of hydrogen-bond donors (Lipinski definition) is 3. The van der Waals surface area contributed by atoms with E-state index in [0.717, 1.165) is 10.2 Å². The maximum absolute atomic E-state index is 12.7. The lowest BCUT2D eigenvalue weighted by Crippen LogP contribution is -2.23. The minimum atomic E-state index is -0.721. The van der Waals surface area contributed by atoms with Crippen LogP contribution in [0.1, 0.15) is 11.1 Å². The predicted octanol–water partition coefficient (Wildman–Crippen LogP) is 4.24. The van der Waals surface area contributed by atoms with Crippen LogP contribution in [0, 0.1) is 0 Å². The van der Waals surface area contributed by atoms with Crippen molar-refractivity contribution >= 4 is 29.8 Å². The highest BCUT2D eigenvalue weighted by Gasteiger charge is 2.17. The SMILES string of the molecule is COc1ccc(C=NNc2oc(=O)n(NN=Cc3ccc(OC)c(OC)c3)c2Nc2ccccc2)cc1OC. The number of hydrogen-bond acceptors (Lipinski definition) is 11. The maximum Gasteiger partial charge on any atom is 0.443 e. The largest absolute Gasteiger partial charge is 0.493 e. The number of methoxy groups -OCH3 is 4. The first kappa shape index (κ1) is 26.7. The minimum absolute atomic E-state index is 0.0643. The molecule has 0 bridgehead atoms. The van der Waals surface area contributed by atoms with Crippen molar-refractivity contribution < 1.29 is 23.4 Å². The number of ether oxygens (including phenoxy) is 4. The molecule has 1 heterocycles. The lowest BCUT2D eigenvalue weighted by Gasteiger charge is -2.10. The van der Waals surface area contributed by atoms with Crippen LogP contribution in [0.25, 0.3) is 0 Å². The summed E-state index contributed by atoms with van der Waals surface area (Å²) in [5.74, 6) is 1.89. The van der Waals surface area contributed by atoms with Crippen LogP contribution in [-0.4, -0.2) is 45.5 Å². The molecule has 12 nitrogen and oxygen atoms in total. The second-order valence-electron chi connectivity index (χ2n) is 7.83. The van der Waals surface area contributed by atoms with E-state index in [1.165, 1.54) is 6.21 Å². The van der Waals surface area contributed by atoms with Gasteiger partial charge in [0, 0.05) is 5.69 Å². The number of para-hydroxylation sites is 1. The summed E-state index contributed by atoms with van der Waals surface area (Å²) in [5.41, 5.74) is 7.63. The topological polar surface area (TPSA) is 133 Å². The van der Waals surface area contributed by atoms with Crippen molar-refractivity contribution in [2.75, 3.05) is 44.7 Å². The molecule has 12 heteroatoms. The Morgan fingerprint density at radius 1 is 0.744 bits per heavy atom. The van der Waals surface area contributed by atoms with Crippen LogP contribution in [0.3, 0.4) is 0 Å². The van der Waals surface area contributed by atoms with Gasteiger partial charge < -0.3 is 28.7 Å². The molecular weight excluding hydrogens is 504 g/mol. The van der Waals surface area contributed by atoms with E-state index in [1.54, 1.807) is 71.1 Å². The molecule has 202 valence electrons. The van der Waals surface area contributed by atoms with E-state index >= 15 is 0 Å². The van der Waals surface area contributed by atoms with Crippen molar-refractivity contribution in [2.45, 2.75) is 0 Å². The number of benzene rings is 3. The third kappa shape index (κ3) is 6.49. The van der Waals surface area contributed by atoms with Gasteiger partial charge in [0.1, 0.15) is 0 Å². The van der Waals surface area contributed by atoms with Crippen LogP contribution >= 0.6 is 0 Å². The van der Waals surface area contributed by atoms with Gasteiger partial charge in [-0.05, 0) is 59.7 Å². The molecule has 0 unspecified atom stereocenters. The van der Waals surface area contributed by atoms with Gasteiger partial charge in [0.15, 0.2) is 23.0 Å². The van der Waals surface area contributed by atoms with Gasteiger partial charge in [-0.1, -0.05) is 18.2 Å². The average Bonchev–Trinajstić information content (AvgIpc) is 3.26. The zero-order valence-corrected chi connectivity index (χ0v) is 21.8. The lowest BCUT2D eigenvalue weighted by atomic mass is 10.2. The Kier molecular flexibility index (Phi) is 8.70. The van der Waals surface area contributed by atoms with Crippen LogP contribution in [-0.2, 0) is 0 Å². The number of rotatable bonds is 12. The smallest absolute Gasteiger partial charge is 0.443 e. The van der Waals surface area contributed by atoms with Crippen molar-refractivity contribution in [2.24, 2.45) is 10.2 Å². The average molecular weight is 533 g/mol. The van der Waals surface area contributed by atoms with Gasteiger partial charge in [-0.25, -0.2) is 15.8 Å². The molecule has 3 aromatic carbocycles. The van der Waals surface area contributed by atoms with Gasteiger partial charge in [-0.2, -0.15) is 10.2 Å². The normalized spacial score (nSPS) is 11.0. The Morgan fingerprint density at radius 2 is 1.31 bits per heavy atom. The fraction of sp³-hybridized carbons (Fsp3) is 0.148. The first-order valence-corrected chi connectivity index (χ1v) is 11.7. The van der Waals surface area contributed by atoms with E-state index in [4.69, 9.17) is 23.4 Å². The highest BCUT2D eigenvalue weighted by Crippen LogP contribution is 2.28. The molecule has 0 spiro atoms. The van der Waals surface area contributed by atoms with Gasteiger partial charge in [0.25, 0.3) is 5.88 Å². The summed E-state index contributed by atoms with van der Waals surface area (Å²) < 4.78 is 27.7. The number of aromatic nitrogens is 1. The first-order chi connectivity index (χ1) is 19.1. The van der Waals surface area contributed by atoms with Gasteiger partial charge in [0.2, 0.25) is 5.82 Å². The Morgan fingerprint density at radius 3 is 1.87 bits per heavy atom. The van der Waals surface area contributed by atoms with Crippen LogP contribution < -0.4 is 41.0 Å². The summed E-state index contributed by atoms with van der Waals surface area (Å²) >= 11 is 0. The van der Waals surface area contributed by atoms with Crippen molar-refractivity contribution in [3.8, 4) is 23.0 Å². The molecule has 0 aliphatic rings. The molecule has 3 N–H and O–H groups in total.